The van der Waals surface area contributed by atoms with Gasteiger partial charge in [0.25, 0.3) is 0 Å². The fraction of sp³-hybridized carbons (Fsp3) is 0.500. The Labute approximate surface area is 124 Å². The van der Waals surface area contributed by atoms with E-state index < -0.39 is 0 Å². The van der Waals surface area contributed by atoms with E-state index in [1.807, 2.05) is 11.8 Å². The Balaban J connectivity index is 1.59. The first-order chi connectivity index (χ1) is 9.92. The highest BCUT2D eigenvalue weighted by molar-refractivity contribution is 7.99. The number of hydrogen-bond acceptors (Lipinski definition) is 3. The average molecular weight is 287 g/mol. The number of H-pyrrole nitrogens is 1. The Morgan fingerprint density at radius 3 is 2.65 bits per heavy atom. The molecule has 1 aliphatic carbocycles. The van der Waals surface area contributed by atoms with Crippen LogP contribution in [0.25, 0.3) is 0 Å². The van der Waals surface area contributed by atoms with E-state index in [2.05, 4.69) is 45.5 Å². The molecule has 1 fully saturated rings. The first-order valence-electron chi connectivity index (χ1n) is 7.44. The third-order valence-electron chi connectivity index (χ3n) is 4.23. The molecule has 0 spiro atoms. The van der Waals surface area contributed by atoms with E-state index in [1.165, 1.54) is 37.7 Å². The summed E-state index contributed by atoms with van der Waals surface area (Å²) in [5, 5.41) is 7.81. The topological polar surface area (TPSA) is 41.6 Å². The van der Waals surface area contributed by atoms with E-state index in [0.29, 0.717) is 0 Å². The predicted molar refractivity (Wildman–Crippen MR) is 82.7 cm³/mol. The van der Waals surface area contributed by atoms with Gasteiger partial charge in [0.05, 0.1) is 0 Å². The van der Waals surface area contributed by atoms with Crippen LogP contribution in [0.4, 0.5) is 0 Å². The van der Waals surface area contributed by atoms with Crippen LogP contribution < -0.4 is 0 Å². The molecule has 0 saturated heterocycles. The van der Waals surface area contributed by atoms with Crippen LogP contribution in [0, 0.1) is 11.8 Å². The molecule has 3 rings (SSSR count). The Kier molecular flexibility index (Phi) is 4.74. The molecule has 1 N–H and O–H groups in total. The van der Waals surface area contributed by atoms with Crippen molar-refractivity contribution in [1.29, 1.82) is 0 Å². The van der Waals surface area contributed by atoms with E-state index in [1.54, 1.807) is 6.33 Å². The van der Waals surface area contributed by atoms with Crippen molar-refractivity contribution in [1.82, 2.24) is 15.2 Å². The number of thioether (sulfide) groups is 1. The summed E-state index contributed by atoms with van der Waals surface area (Å²) >= 11 is 1.82. The third kappa shape index (κ3) is 3.63. The number of nitrogens with zero attached hydrogens (tertiary/aromatic N) is 2. The van der Waals surface area contributed by atoms with Crippen LogP contribution in [0.3, 0.4) is 0 Å². The van der Waals surface area contributed by atoms with E-state index >= 15 is 0 Å². The molecular weight excluding hydrogens is 266 g/mol. The number of benzene rings is 1. The van der Waals surface area contributed by atoms with E-state index in [-0.39, 0.29) is 0 Å². The van der Waals surface area contributed by atoms with Gasteiger partial charge in [-0.1, -0.05) is 54.9 Å². The first-order valence-corrected chi connectivity index (χ1v) is 8.42. The quantitative estimate of drug-likeness (QED) is 0.847. The zero-order chi connectivity index (χ0) is 13.6. The second kappa shape index (κ2) is 6.93. The molecule has 1 aliphatic rings. The lowest BCUT2D eigenvalue weighted by Crippen LogP contribution is -2.23. The third-order valence-corrected chi connectivity index (χ3v) is 5.30. The molecule has 2 atom stereocenters. The molecule has 1 aromatic heterocycles. The van der Waals surface area contributed by atoms with Crippen molar-refractivity contribution >= 4 is 11.8 Å². The molecule has 0 bridgehead atoms. The van der Waals surface area contributed by atoms with Gasteiger partial charge in [-0.15, -0.1) is 0 Å². The van der Waals surface area contributed by atoms with E-state index in [9.17, 15) is 0 Å². The van der Waals surface area contributed by atoms with Crippen LogP contribution in [0.2, 0.25) is 0 Å². The van der Waals surface area contributed by atoms with Crippen LogP contribution in [0.5, 0.6) is 0 Å². The van der Waals surface area contributed by atoms with Crippen molar-refractivity contribution in [2.45, 2.75) is 37.3 Å². The summed E-state index contributed by atoms with van der Waals surface area (Å²) in [4.78, 5) is 4.21. The molecular formula is C16H21N3S. The van der Waals surface area contributed by atoms with E-state index in [0.717, 1.165) is 22.7 Å². The predicted octanol–water partition coefficient (Wildman–Crippen LogP) is 3.95. The SMILES string of the molecule is c1ccc(CC2CCCCC2CSc2ncn[nH]2)cc1. The zero-order valence-corrected chi connectivity index (χ0v) is 12.5. The minimum Gasteiger partial charge on any atom is -0.254 e. The highest BCUT2D eigenvalue weighted by Crippen LogP contribution is 2.35. The average Bonchev–Trinajstić information content (AvgIpc) is 3.01. The van der Waals surface area contributed by atoms with Crippen molar-refractivity contribution in [3.8, 4) is 0 Å². The summed E-state index contributed by atoms with van der Waals surface area (Å²) in [6.45, 7) is 0. The van der Waals surface area contributed by atoms with Crippen molar-refractivity contribution in [3.63, 3.8) is 0 Å². The summed E-state index contributed by atoms with van der Waals surface area (Å²) in [6.07, 6.45) is 8.32. The van der Waals surface area contributed by atoms with Gasteiger partial charge in [0, 0.05) is 5.75 Å². The van der Waals surface area contributed by atoms with Crippen LogP contribution in [0.1, 0.15) is 31.2 Å². The monoisotopic (exact) mass is 287 g/mol. The minimum absolute atomic E-state index is 0.805. The standard InChI is InChI=1S/C16H21N3S/c1-2-6-13(7-3-1)10-14-8-4-5-9-15(14)11-20-16-17-12-18-19-16/h1-3,6-7,12,14-15H,4-5,8-11H2,(H,17,18,19). The second-order valence-corrected chi connectivity index (χ2v) is 6.60. The molecule has 1 saturated carbocycles. The van der Waals surface area contributed by atoms with Gasteiger partial charge in [0.2, 0.25) is 0 Å². The molecule has 2 aromatic rings. The van der Waals surface area contributed by atoms with Crippen LogP contribution in [-0.2, 0) is 6.42 Å². The van der Waals surface area contributed by atoms with Gasteiger partial charge in [0.15, 0.2) is 5.16 Å². The van der Waals surface area contributed by atoms with Gasteiger partial charge in [0.1, 0.15) is 6.33 Å². The normalized spacial score (nSPS) is 22.8. The largest absolute Gasteiger partial charge is 0.254 e. The Morgan fingerprint density at radius 2 is 1.90 bits per heavy atom. The second-order valence-electron chi connectivity index (χ2n) is 5.60. The van der Waals surface area contributed by atoms with Gasteiger partial charge < -0.3 is 0 Å². The number of hydrogen-bond donors (Lipinski definition) is 1. The summed E-state index contributed by atoms with van der Waals surface area (Å²) in [6, 6.07) is 10.9. The maximum atomic E-state index is 4.21. The Morgan fingerprint density at radius 1 is 1.10 bits per heavy atom. The van der Waals surface area contributed by atoms with Crippen molar-refractivity contribution in [2.75, 3.05) is 5.75 Å². The molecule has 106 valence electrons. The smallest absolute Gasteiger partial charge is 0.183 e. The molecule has 0 amide bonds. The van der Waals surface area contributed by atoms with Gasteiger partial charge in [-0.05, 0) is 36.7 Å². The lowest BCUT2D eigenvalue weighted by Gasteiger charge is -2.31. The van der Waals surface area contributed by atoms with Crippen molar-refractivity contribution < 1.29 is 0 Å². The Hall–Kier alpha value is -1.29. The Bertz CT molecular complexity index is 498. The van der Waals surface area contributed by atoms with Gasteiger partial charge in [-0.2, -0.15) is 5.10 Å². The number of rotatable bonds is 5. The van der Waals surface area contributed by atoms with Crippen molar-refractivity contribution in [2.24, 2.45) is 11.8 Å². The molecule has 1 heterocycles. The highest BCUT2D eigenvalue weighted by atomic mass is 32.2. The number of aromatic nitrogens is 3. The molecule has 3 nitrogen and oxygen atoms in total. The summed E-state index contributed by atoms with van der Waals surface area (Å²) < 4.78 is 0. The van der Waals surface area contributed by atoms with Crippen LogP contribution in [0.15, 0.2) is 41.8 Å². The molecule has 0 aliphatic heterocycles. The summed E-state index contributed by atoms with van der Waals surface area (Å²) in [7, 11) is 0. The van der Waals surface area contributed by atoms with Gasteiger partial charge in [-0.25, -0.2) is 4.98 Å². The minimum atomic E-state index is 0.805. The van der Waals surface area contributed by atoms with Crippen LogP contribution in [-0.4, -0.2) is 20.9 Å². The maximum Gasteiger partial charge on any atom is 0.183 e. The molecule has 2 unspecified atom stereocenters. The zero-order valence-electron chi connectivity index (χ0n) is 11.7. The number of aromatic amines is 1. The fourth-order valence-electron chi connectivity index (χ4n) is 3.14. The lowest BCUT2D eigenvalue weighted by molar-refractivity contribution is 0.259. The maximum absolute atomic E-state index is 4.21. The van der Waals surface area contributed by atoms with Gasteiger partial charge in [-0.3, -0.25) is 5.10 Å². The number of nitrogens with one attached hydrogen (secondary N) is 1. The first kappa shape index (κ1) is 13.7. The summed E-state index contributed by atoms with van der Waals surface area (Å²) in [5.74, 6) is 2.78. The lowest BCUT2D eigenvalue weighted by atomic mass is 9.77. The highest BCUT2D eigenvalue weighted by Gasteiger charge is 2.25. The molecule has 1 aromatic carbocycles. The van der Waals surface area contributed by atoms with Gasteiger partial charge >= 0.3 is 0 Å². The molecule has 0 radical (unpaired) electrons. The fourth-order valence-corrected chi connectivity index (χ4v) is 4.19. The van der Waals surface area contributed by atoms with Crippen molar-refractivity contribution in [3.05, 3.63) is 42.2 Å². The molecule has 20 heavy (non-hydrogen) atoms. The van der Waals surface area contributed by atoms with Crippen LogP contribution >= 0.6 is 11.8 Å². The molecule has 4 heteroatoms. The summed E-state index contributed by atoms with van der Waals surface area (Å²) in [5.41, 5.74) is 1.48. The van der Waals surface area contributed by atoms with E-state index in [4.69, 9.17) is 0 Å².